The molecule has 0 rings (SSSR count). The smallest absolute Gasteiger partial charge is 0 e. The average Bonchev–Trinajstić information content (AvgIpc) is 0. The fraction of sp³-hybridized carbons (Fsp3) is 0. The van der Waals surface area contributed by atoms with E-state index < -0.39 is 0 Å². The van der Waals surface area contributed by atoms with Crippen LogP contribution in [0, 0.1) is 0 Å². The van der Waals surface area contributed by atoms with E-state index in [1.807, 2.05) is 0 Å². The SMILES string of the molecule is N.O.[Cu].[Cu]. The molecule has 2 radical (unpaired) electrons. The summed E-state index contributed by atoms with van der Waals surface area (Å²) >= 11 is 0. The maximum Gasteiger partial charge on any atom is 0 e. The van der Waals surface area contributed by atoms with Crippen LogP contribution in [0.4, 0.5) is 0 Å². The van der Waals surface area contributed by atoms with Crippen LogP contribution < -0.4 is 6.15 Å². The Morgan fingerprint density at radius 3 is 0.750 bits per heavy atom. The van der Waals surface area contributed by atoms with Crippen LogP contribution in [-0.4, -0.2) is 5.48 Å². The molecule has 0 aliphatic carbocycles. The van der Waals surface area contributed by atoms with Crippen molar-refractivity contribution in [3.8, 4) is 0 Å². The summed E-state index contributed by atoms with van der Waals surface area (Å²) in [6.07, 6.45) is 0. The van der Waals surface area contributed by atoms with Gasteiger partial charge in [-0.25, -0.2) is 0 Å². The number of rotatable bonds is 0. The molecular weight excluding hydrogens is 157 g/mol. The van der Waals surface area contributed by atoms with Crippen molar-refractivity contribution < 1.29 is 39.6 Å². The maximum atomic E-state index is 0. The van der Waals surface area contributed by atoms with E-state index in [0.717, 1.165) is 0 Å². The second-order valence-corrected chi connectivity index (χ2v) is 0. The van der Waals surface area contributed by atoms with E-state index in [2.05, 4.69) is 0 Å². The number of hydrogen-bond donors (Lipinski definition) is 1. The van der Waals surface area contributed by atoms with E-state index in [0.29, 0.717) is 0 Å². The Hall–Kier alpha value is 0.959. The van der Waals surface area contributed by atoms with Crippen molar-refractivity contribution in [3.05, 3.63) is 0 Å². The Morgan fingerprint density at radius 1 is 0.750 bits per heavy atom. The molecule has 0 bridgehead atoms. The van der Waals surface area contributed by atoms with E-state index in [1.54, 1.807) is 0 Å². The van der Waals surface area contributed by atoms with Crippen molar-refractivity contribution in [2.45, 2.75) is 0 Å². The van der Waals surface area contributed by atoms with Crippen LogP contribution in [0.25, 0.3) is 0 Å². The van der Waals surface area contributed by atoms with Crippen molar-refractivity contribution >= 4 is 0 Å². The summed E-state index contributed by atoms with van der Waals surface area (Å²) in [5.41, 5.74) is 0. The monoisotopic (exact) mass is 161 g/mol. The fourth-order valence-corrected chi connectivity index (χ4v) is 0. The molecule has 0 aliphatic heterocycles. The van der Waals surface area contributed by atoms with E-state index in [-0.39, 0.29) is 45.8 Å². The summed E-state index contributed by atoms with van der Waals surface area (Å²) in [5.74, 6) is 0. The summed E-state index contributed by atoms with van der Waals surface area (Å²) in [4.78, 5) is 0. The van der Waals surface area contributed by atoms with E-state index in [1.165, 1.54) is 0 Å². The van der Waals surface area contributed by atoms with Gasteiger partial charge in [-0.05, 0) is 0 Å². The molecule has 0 saturated carbocycles. The largest absolute Gasteiger partial charge is 0.412 e. The van der Waals surface area contributed by atoms with Crippen molar-refractivity contribution in [1.82, 2.24) is 6.15 Å². The Morgan fingerprint density at radius 2 is 0.750 bits per heavy atom. The van der Waals surface area contributed by atoms with Gasteiger partial charge in [0.1, 0.15) is 0 Å². The minimum absolute atomic E-state index is 0. The van der Waals surface area contributed by atoms with Crippen LogP contribution in [0.2, 0.25) is 0 Å². The third-order valence-electron chi connectivity index (χ3n) is 0. The van der Waals surface area contributed by atoms with Gasteiger partial charge in [-0.15, -0.1) is 0 Å². The van der Waals surface area contributed by atoms with Crippen LogP contribution in [0.1, 0.15) is 0 Å². The second-order valence-electron chi connectivity index (χ2n) is 0. The molecule has 0 aliphatic rings. The molecule has 0 aromatic rings. The van der Waals surface area contributed by atoms with Crippen molar-refractivity contribution in [2.75, 3.05) is 0 Å². The molecule has 0 saturated heterocycles. The van der Waals surface area contributed by atoms with Crippen molar-refractivity contribution in [2.24, 2.45) is 0 Å². The van der Waals surface area contributed by atoms with Gasteiger partial charge in [0.15, 0.2) is 0 Å². The number of hydrogen-bond acceptors (Lipinski definition) is 1. The first kappa shape index (κ1) is 84.5. The zero-order chi connectivity index (χ0) is 0. The molecule has 38 valence electrons. The van der Waals surface area contributed by atoms with Gasteiger partial charge in [0.05, 0.1) is 0 Å². The molecule has 0 aromatic heterocycles. The normalized spacial score (nSPS) is 0. The van der Waals surface area contributed by atoms with Gasteiger partial charge in [0.2, 0.25) is 0 Å². The Bertz CT molecular complexity index is 6.00. The van der Waals surface area contributed by atoms with E-state index >= 15 is 0 Å². The van der Waals surface area contributed by atoms with Crippen molar-refractivity contribution in [3.63, 3.8) is 0 Å². The molecule has 0 spiro atoms. The topological polar surface area (TPSA) is 66.5 Å². The van der Waals surface area contributed by atoms with Gasteiger partial charge >= 0.3 is 0 Å². The van der Waals surface area contributed by atoms with Crippen molar-refractivity contribution in [1.29, 1.82) is 0 Å². The standard InChI is InChI=1S/2Cu.H3N.H2O/h;;1H3;1H2. The molecule has 0 aromatic carbocycles. The third-order valence-corrected chi connectivity index (χ3v) is 0. The van der Waals surface area contributed by atoms with Crippen LogP contribution >= 0.6 is 0 Å². The van der Waals surface area contributed by atoms with Crippen LogP contribution in [0.3, 0.4) is 0 Å². The summed E-state index contributed by atoms with van der Waals surface area (Å²) < 4.78 is 0. The Balaban J connectivity index is 0. The molecular formula is H5Cu2NO. The zero-order valence-electron chi connectivity index (χ0n) is 1.81. The Kier molecular flexibility index (Phi) is 796. The van der Waals surface area contributed by atoms with Gasteiger partial charge in [-0.1, -0.05) is 0 Å². The minimum Gasteiger partial charge on any atom is -0.412 e. The average molecular weight is 162 g/mol. The van der Waals surface area contributed by atoms with Crippen LogP contribution in [0.15, 0.2) is 0 Å². The third kappa shape index (κ3) is 12.3. The summed E-state index contributed by atoms with van der Waals surface area (Å²) in [7, 11) is 0. The molecule has 4 heavy (non-hydrogen) atoms. The predicted molar refractivity (Wildman–Crippen MR) is 8.64 cm³/mol. The molecule has 5 N–H and O–H groups in total. The molecule has 0 atom stereocenters. The molecule has 0 unspecified atom stereocenters. The Labute approximate surface area is 46.2 Å². The quantitative estimate of drug-likeness (QED) is 0.472. The van der Waals surface area contributed by atoms with Gasteiger partial charge in [0, 0.05) is 34.1 Å². The van der Waals surface area contributed by atoms with E-state index in [4.69, 9.17) is 0 Å². The van der Waals surface area contributed by atoms with Gasteiger partial charge in [-0.3, -0.25) is 0 Å². The predicted octanol–water partition coefficient (Wildman–Crippen LogP) is -0.668. The van der Waals surface area contributed by atoms with Crippen LogP contribution in [-0.2, 0) is 34.1 Å². The molecule has 0 fully saturated rings. The van der Waals surface area contributed by atoms with Gasteiger partial charge < -0.3 is 11.6 Å². The molecule has 2 nitrogen and oxygen atoms in total. The first-order valence-electron chi connectivity index (χ1n) is 0. The maximum absolute atomic E-state index is 0. The molecule has 0 amide bonds. The first-order valence-corrected chi connectivity index (χ1v) is 0. The van der Waals surface area contributed by atoms with Gasteiger partial charge in [0.25, 0.3) is 0 Å². The van der Waals surface area contributed by atoms with Crippen LogP contribution in [0.5, 0.6) is 0 Å². The second kappa shape index (κ2) is 37.7. The molecule has 0 heterocycles. The van der Waals surface area contributed by atoms with E-state index in [9.17, 15) is 0 Å². The summed E-state index contributed by atoms with van der Waals surface area (Å²) in [6.45, 7) is 0. The minimum atomic E-state index is 0. The fourth-order valence-electron chi connectivity index (χ4n) is 0. The molecule has 4 heteroatoms. The van der Waals surface area contributed by atoms with Gasteiger partial charge in [-0.2, -0.15) is 0 Å². The zero-order valence-corrected chi connectivity index (χ0v) is 3.69. The summed E-state index contributed by atoms with van der Waals surface area (Å²) in [5, 5.41) is 0. The summed E-state index contributed by atoms with van der Waals surface area (Å²) in [6, 6.07) is 0. The first-order chi connectivity index (χ1) is 0.